The molecule has 1 aliphatic rings. The Balaban J connectivity index is 0.00000280. The molecule has 150 valence electrons. The highest BCUT2D eigenvalue weighted by Gasteiger charge is 2.28. The van der Waals surface area contributed by atoms with E-state index in [2.05, 4.69) is 5.32 Å². The first-order valence-corrected chi connectivity index (χ1v) is 9.12. The summed E-state index contributed by atoms with van der Waals surface area (Å²) < 4.78 is 13.6. The maximum atomic E-state index is 13.6. The number of nitrogens with two attached hydrogens (primary N) is 1. The number of nitrogen functional groups attached to an aromatic ring is 1. The average Bonchev–Trinajstić information content (AvgIpc) is 2.68. The van der Waals surface area contributed by atoms with Crippen LogP contribution in [0.3, 0.4) is 0 Å². The van der Waals surface area contributed by atoms with Crippen LogP contribution in [-0.2, 0) is 11.3 Å². The van der Waals surface area contributed by atoms with Crippen molar-refractivity contribution in [1.29, 1.82) is 0 Å². The van der Waals surface area contributed by atoms with E-state index in [1.54, 1.807) is 42.2 Å². The molecule has 3 rings (SSSR count). The highest BCUT2D eigenvalue weighted by atomic mass is 35.5. The lowest BCUT2D eigenvalue weighted by atomic mass is 9.95. The van der Waals surface area contributed by atoms with E-state index in [1.807, 2.05) is 6.07 Å². The Kier molecular flexibility index (Phi) is 7.40. The minimum absolute atomic E-state index is 0. The molecule has 2 amide bonds. The minimum Gasteiger partial charge on any atom is -0.398 e. The molecule has 0 saturated carbocycles. The molecule has 5 nitrogen and oxygen atoms in total. The summed E-state index contributed by atoms with van der Waals surface area (Å²) >= 11 is 0. The Hall–Kier alpha value is -2.60. The highest BCUT2D eigenvalue weighted by molar-refractivity contribution is 5.99. The average molecular weight is 406 g/mol. The molecule has 0 aromatic heterocycles. The fraction of sp³-hybridized carbons (Fsp3) is 0.333. The molecule has 28 heavy (non-hydrogen) atoms. The van der Waals surface area contributed by atoms with E-state index in [1.165, 1.54) is 6.07 Å². The zero-order valence-corrected chi connectivity index (χ0v) is 16.6. The van der Waals surface area contributed by atoms with Gasteiger partial charge in [-0.1, -0.05) is 24.3 Å². The Morgan fingerprint density at radius 3 is 2.50 bits per heavy atom. The Morgan fingerprint density at radius 2 is 1.86 bits per heavy atom. The van der Waals surface area contributed by atoms with E-state index < -0.39 is 0 Å². The Morgan fingerprint density at radius 1 is 1.18 bits per heavy atom. The molecule has 0 spiro atoms. The number of halogens is 2. The van der Waals surface area contributed by atoms with Gasteiger partial charge in [-0.05, 0) is 49.1 Å². The van der Waals surface area contributed by atoms with E-state index in [-0.39, 0.29) is 36.0 Å². The van der Waals surface area contributed by atoms with E-state index >= 15 is 0 Å². The third-order valence-electron chi connectivity index (χ3n) is 5.05. The van der Waals surface area contributed by atoms with Crippen molar-refractivity contribution in [3.05, 3.63) is 65.0 Å². The van der Waals surface area contributed by atoms with Crippen LogP contribution in [0, 0.1) is 18.7 Å². The number of carbonyl (C=O) groups excluding carboxylic acids is 2. The number of aryl methyl sites for hydroxylation is 1. The van der Waals surface area contributed by atoms with Crippen molar-refractivity contribution in [3.63, 3.8) is 0 Å². The van der Waals surface area contributed by atoms with Crippen LogP contribution >= 0.6 is 12.4 Å². The normalized spacial score (nSPS) is 14.3. The first-order valence-electron chi connectivity index (χ1n) is 9.12. The molecule has 1 saturated heterocycles. The van der Waals surface area contributed by atoms with Gasteiger partial charge < -0.3 is 16.0 Å². The fourth-order valence-electron chi connectivity index (χ4n) is 3.29. The van der Waals surface area contributed by atoms with E-state index in [0.717, 1.165) is 5.56 Å². The second kappa shape index (κ2) is 9.55. The van der Waals surface area contributed by atoms with Gasteiger partial charge in [-0.25, -0.2) is 4.39 Å². The molecule has 0 atom stereocenters. The van der Waals surface area contributed by atoms with E-state index in [9.17, 15) is 14.0 Å². The summed E-state index contributed by atoms with van der Waals surface area (Å²) in [7, 11) is 0. The summed E-state index contributed by atoms with van der Waals surface area (Å²) in [6, 6.07) is 12.0. The third kappa shape index (κ3) is 5.01. The van der Waals surface area contributed by atoms with Crippen molar-refractivity contribution in [2.24, 2.45) is 5.92 Å². The maximum absolute atomic E-state index is 13.6. The van der Waals surface area contributed by atoms with Crippen LogP contribution in [0.5, 0.6) is 0 Å². The van der Waals surface area contributed by atoms with Crippen molar-refractivity contribution in [2.75, 3.05) is 18.8 Å². The third-order valence-corrected chi connectivity index (χ3v) is 5.05. The molecule has 2 aromatic rings. The van der Waals surface area contributed by atoms with Crippen molar-refractivity contribution in [3.8, 4) is 0 Å². The second-order valence-corrected chi connectivity index (χ2v) is 6.96. The molecular weight excluding hydrogens is 381 g/mol. The van der Waals surface area contributed by atoms with Crippen LogP contribution in [0.4, 0.5) is 10.1 Å². The van der Waals surface area contributed by atoms with Gasteiger partial charge in [0.15, 0.2) is 0 Å². The molecule has 2 aromatic carbocycles. The largest absolute Gasteiger partial charge is 0.398 e. The van der Waals surface area contributed by atoms with Gasteiger partial charge >= 0.3 is 0 Å². The molecule has 3 N–H and O–H groups in total. The van der Waals surface area contributed by atoms with Gasteiger partial charge in [0, 0.05) is 31.2 Å². The highest BCUT2D eigenvalue weighted by Crippen LogP contribution is 2.21. The zero-order chi connectivity index (χ0) is 19.4. The number of amides is 2. The SMILES string of the molecule is Cc1ccc(CNC(=O)C2CCN(C(=O)c3ccccc3N)CC2)cc1F.Cl. The molecule has 0 aliphatic carbocycles. The number of benzene rings is 2. The number of likely N-dealkylation sites (tertiary alicyclic amines) is 1. The lowest BCUT2D eigenvalue weighted by Gasteiger charge is -2.31. The first-order chi connectivity index (χ1) is 13.0. The van der Waals surface area contributed by atoms with Crippen molar-refractivity contribution < 1.29 is 14.0 Å². The Bertz CT molecular complexity index is 851. The van der Waals surface area contributed by atoms with Gasteiger partial charge in [0.25, 0.3) is 5.91 Å². The van der Waals surface area contributed by atoms with Gasteiger partial charge in [0.1, 0.15) is 5.82 Å². The van der Waals surface area contributed by atoms with Crippen LogP contribution in [0.15, 0.2) is 42.5 Å². The van der Waals surface area contributed by atoms with Crippen LogP contribution in [0.1, 0.15) is 34.3 Å². The second-order valence-electron chi connectivity index (χ2n) is 6.96. The number of hydrogen-bond donors (Lipinski definition) is 2. The first kappa shape index (κ1) is 21.7. The number of anilines is 1. The molecular formula is C21H25ClFN3O2. The van der Waals surface area contributed by atoms with Gasteiger partial charge in [0.2, 0.25) is 5.91 Å². The van der Waals surface area contributed by atoms with Crippen LogP contribution in [0.25, 0.3) is 0 Å². The molecule has 1 fully saturated rings. The summed E-state index contributed by atoms with van der Waals surface area (Å²) in [5, 5.41) is 2.87. The smallest absolute Gasteiger partial charge is 0.255 e. The summed E-state index contributed by atoms with van der Waals surface area (Å²) in [4.78, 5) is 26.7. The van der Waals surface area contributed by atoms with Gasteiger partial charge in [-0.3, -0.25) is 9.59 Å². The lowest BCUT2D eigenvalue weighted by molar-refractivity contribution is -0.126. The molecule has 0 radical (unpaired) electrons. The predicted molar refractivity (Wildman–Crippen MR) is 110 cm³/mol. The van der Waals surface area contributed by atoms with Gasteiger partial charge in [-0.2, -0.15) is 0 Å². The number of para-hydroxylation sites is 1. The summed E-state index contributed by atoms with van der Waals surface area (Å²) in [6.07, 6.45) is 1.21. The van der Waals surface area contributed by atoms with Crippen LogP contribution in [-0.4, -0.2) is 29.8 Å². The molecule has 1 heterocycles. The fourth-order valence-corrected chi connectivity index (χ4v) is 3.29. The van der Waals surface area contributed by atoms with Crippen molar-refractivity contribution >= 4 is 29.9 Å². The zero-order valence-electron chi connectivity index (χ0n) is 15.8. The summed E-state index contributed by atoms with van der Waals surface area (Å²) in [5.41, 5.74) is 8.17. The van der Waals surface area contributed by atoms with Crippen LogP contribution in [0.2, 0.25) is 0 Å². The molecule has 1 aliphatic heterocycles. The van der Waals surface area contributed by atoms with Gasteiger partial charge in [-0.15, -0.1) is 12.4 Å². The number of hydrogen-bond acceptors (Lipinski definition) is 3. The summed E-state index contributed by atoms with van der Waals surface area (Å²) in [5.74, 6) is -0.560. The summed E-state index contributed by atoms with van der Waals surface area (Å²) in [6.45, 7) is 3.04. The number of carbonyl (C=O) groups is 2. The molecule has 7 heteroatoms. The van der Waals surface area contributed by atoms with E-state index in [0.29, 0.717) is 49.3 Å². The lowest BCUT2D eigenvalue weighted by Crippen LogP contribution is -2.43. The topological polar surface area (TPSA) is 75.4 Å². The maximum Gasteiger partial charge on any atom is 0.255 e. The quantitative estimate of drug-likeness (QED) is 0.766. The Labute approximate surface area is 170 Å². The molecule has 0 bridgehead atoms. The van der Waals surface area contributed by atoms with Crippen LogP contribution < -0.4 is 11.1 Å². The molecule has 0 unspecified atom stereocenters. The standard InChI is InChI=1S/C21H24FN3O2.ClH/c1-14-6-7-15(12-18(14)22)13-24-20(26)16-8-10-25(11-9-16)21(27)17-4-2-3-5-19(17)23;/h2-7,12,16H,8-11,13,23H2,1H3,(H,24,26);1H. The van der Waals surface area contributed by atoms with Crippen molar-refractivity contribution in [1.82, 2.24) is 10.2 Å². The number of nitrogens with zero attached hydrogens (tertiary/aromatic N) is 1. The van der Waals surface area contributed by atoms with Crippen molar-refractivity contribution in [2.45, 2.75) is 26.3 Å². The predicted octanol–water partition coefficient (Wildman–Crippen LogP) is 3.31. The number of rotatable bonds is 4. The van der Waals surface area contributed by atoms with Gasteiger partial charge in [0.05, 0.1) is 5.56 Å². The number of nitrogens with one attached hydrogen (secondary N) is 1. The monoisotopic (exact) mass is 405 g/mol. The van der Waals surface area contributed by atoms with E-state index in [4.69, 9.17) is 5.73 Å². The number of piperidine rings is 1. The minimum atomic E-state index is -0.270.